The molecule has 0 spiro atoms. The minimum atomic E-state index is -3.78. The maximum atomic E-state index is 13.0. The maximum absolute atomic E-state index is 13.0. The summed E-state index contributed by atoms with van der Waals surface area (Å²) in [5.41, 5.74) is 1.86. The number of nitrogens with zero attached hydrogens (tertiary/aromatic N) is 4. The first-order chi connectivity index (χ1) is 11.9. The van der Waals surface area contributed by atoms with Crippen LogP contribution < -0.4 is 9.62 Å². The van der Waals surface area contributed by atoms with Crippen molar-refractivity contribution in [3.05, 3.63) is 29.7 Å². The summed E-state index contributed by atoms with van der Waals surface area (Å²) < 4.78 is 35.6. The first-order valence-electron chi connectivity index (χ1n) is 8.28. The number of hydrogen-bond acceptors (Lipinski definition) is 6. The Kier molecular flexibility index (Phi) is 4.96. The van der Waals surface area contributed by atoms with E-state index in [1.807, 2.05) is 13.0 Å². The van der Waals surface area contributed by atoms with Gasteiger partial charge in [-0.15, -0.1) is 0 Å². The second-order valence-electron chi connectivity index (χ2n) is 5.89. The van der Waals surface area contributed by atoms with Crippen molar-refractivity contribution in [1.29, 1.82) is 0 Å². The smallest absolute Gasteiger partial charge is 0.266 e. The lowest BCUT2D eigenvalue weighted by atomic mass is 10.3. The van der Waals surface area contributed by atoms with Gasteiger partial charge in [-0.25, -0.2) is 13.4 Å². The number of anilines is 2. The molecule has 1 N–H and O–H groups in total. The lowest BCUT2D eigenvalue weighted by Gasteiger charge is -2.30. The quantitative estimate of drug-likeness (QED) is 0.865. The van der Waals surface area contributed by atoms with E-state index in [-0.39, 0.29) is 4.90 Å². The molecule has 2 aromatic rings. The Balaban J connectivity index is 1.96. The van der Waals surface area contributed by atoms with Crippen molar-refractivity contribution in [2.45, 2.75) is 32.2 Å². The largest absolute Gasteiger partial charge is 0.378 e. The molecule has 0 saturated carbocycles. The molecule has 3 heterocycles. The summed E-state index contributed by atoms with van der Waals surface area (Å²) in [4.78, 5) is 6.54. The van der Waals surface area contributed by atoms with Gasteiger partial charge in [0, 0.05) is 25.8 Å². The second kappa shape index (κ2) is 7.01. The lowest BCUT2D eigenvalue weighted by molar-refractivity contribution is 0.123. The molecule has 25 heavy (non-hydrogen) atoms. The van der Waals surface area contributed by atoms with Crippen molar-refractivity contribution in [2.75, 3.05) is 35.9 Å². The average Bonchev–Trinajstić information content (AvgIpc) is 2.90. The molecule has 1 saturated heterocycles. The highest BCUT2D eigenvalue weighted by Gasteiger charge is 2.26. The van der Waals surface area contributed by atoms with Crippen LogP contribution in [-0.4, -0.2) is 49.5 Å². The highest BCUT2D eigenvalue weighted by molar-refractivity contribution is 7.92. The number of rotatable bonds is 5. The van der Waals surface area contributed by atoms with Crippen LogP contribution in [0.25, 0.3) is 0 Å². The lowest BCUT2D eigenvalue weighted by Crippen LogP contribution is -2.37. The number of aromatic nitrogens is 3. The SMILES string of the molecule is CCn1nc(C)c(S(=O)(=O)Nc2ncccc2N2CCOCC2)c1C. The summed E-state index contributed by atoms with van der Waals surface area (Å²) in [5.74, 6) is 0.326. The monoisotopic (exact) mass is 365 g/mol. The van der Waals surface area contributed by atoms with Crippen molar-refractivity contribution in [3.63, 3.8) is 0 Å². The van der Waals surface area contributed by atoms with Gasteiger partial charge in [-0.2, -0.15) is 5.10 Å². The fraction of sp³-hybridized carbons (Fsp3) is 0.500. The predicted octanol–water partition coefficient (Wildman–Crippen LogP) is 1.55. The van der Waals surface area contributed by atoms with Crippen LogP contribution in [0, 0.1) is 13.8 Å². The summed E-state index contributed by atoms with van der Waals surface area (Å²) in [5, 5.41) is 4.30. The second-order valence-corrected chi connectivity index (χ2v) is 7.51. The molecule has 0 atom stereocenters. The molecule has 0 amide bonds. The summed E-state index contributed by atoms with van der Waals surface area (Å²) in [6.07, 6.45) is 1.58. The van der Waals surface area contributed by atoms with E-state index in [1.165, 1.54) is 0 Å². The Labute approximate surface area is 147 Å². The molecule has 1 aliphatic rings. The zero-order valence-corrected chi connectivity index (χ0v) is 15.5. The third-order valence-electron chi connectivity index (χ3n) is 4.25. The van der Waals surface area contributed by atoms with Gasteiger partial charge in [0.15, 0.2) is 5.82 Å². The van der Waals surface area contributed by atoms with Crippen LogP contribution in [0.1, 0.15) is 18.3 Å². The Morgan fingerprint density at radius 2 is 2.00 bits per heavy atom. The molecule has 1 fully saturated rings. The first kappa shape index (κ1) is 17.7. The zero-order chi connectivity index (χ0) is 18.0. The van der Waals surface area contributed by atoms with E-state index in [4.69, 9.17) is 4.74 Å². The molecule has 0 radical (unpaired) electrons. The summed E-state index contributed by atoms with van der Waals surface area (Å²) in [7, 11) is -3.78. The molecule has 0 aliphatic carbocycles. The van der Waals surface area contributed by atoms with Gasteiger partial charge in [0.25, 0.3) is 10.0 Å². The molecule has 1 aliphatic heterocycles. The van der Waals surface area contributed by atoms with Crippen LogP contribution in [0.5, 0.6) is 0 Å². The van der Waals surface area contributed by atoms with Gasteiger partial charge in [-0.1, -0.05) is 0 Å². The third-order valence-corrected chi connectivity index (χ3v) is 5.84. The maximum Gasteiger partial charge on any atom is 0.266 e. The highest BCUT2D eigenvalue weighted by Crippen LogP contribution is 2.28. The molecule has 2 aromatic heterocycles. The Morgan fingerprint density at radius 1 is 1.28 bits per heavy atom. The molecular weight excluding hydrogens is 342 g/mol. The molecule has 3 rings (SSSR count). The normalized spacial score (nSPS) is 15.4. The van der Waals surface area contributed by atoms with Gasteiger partial charge < -0.3 is 9.64 Å². The van der Waals surface area contributed by atoms with E-state index in [0.29, 0.717) is 50.1 Å². The Hall–Kier alpha value is -2.13. The number of hydrogen-bond donors (Lipinski definition) is 1. The summed E-state index contributed by atoms with van der Waals surface area (Å²) >= 11 is 0. The number of morpholine rings is 1. The first-order valence-corrected chi connectivity index (χ1v) is 9.77. The van der Waals surface area contributed by atoms with Crippen LogP contribution in [0.4, 0.5) is 11.5 Å². The van der Waals surface area contributed by atoms with Crippen molar-refractivity contribution >= 4 is 21.5 Å². The predicted molar refractivity (Wildman–Crippen MR) is 95.5 cm³/mol. The summed E-state index contributed by atoms with van der Waals surface area (Å²) in [6, 6.07) is 3.67. The van der Waals surface area contributed by atoms with Gasteiger partial charge in [0.2, 0.25) is 0 Å². The molecule has 136 valence electrons. The van der Waals surface area contributed by atoms with Gasteiger partial charge in [0.1, 0.15) is 4.90 Å². The zero-order valence-electron chi connectivity index (χ0n) is 14.7. The molecule has 9 heteroatoms. The Morgan fingerprint density at radius 3 is 2.64 bits per heavy atom. The van der Waals surface area contributed by atoms with Gasteiger partial charge in [-0.05, 0) is 32.9 Å². The number of pyridine rings is 1. The highest BCUT2D eigenvalue weighted by atomic mass is 32.2. The van der Waals surface area contributed by atoms with E-state index in [0.717, 1.165) is 5.69 Å². The number of ether oxygens (including phenoxy) is 1. The van der Waals surface area contributed by atoms with Crippen LogP contribution in [-0.2, 0) is 21.3 Å². The van der Waals surface area contributed by atoms with Crippen LogP contribution >= 0.6 is 0 Å². The minimum absolute atomic E-state index is 0.216. The topological polar surface area (TPSA) is 89.3 Å². The third kappa shape index (κ3) is 3.47. The van der Waals surface area contributed by atoms with Gasteiger partial charge in [0.05, 0.1) is 30.3 Å². The van der Waals surface area contributed by atoms with E-state index in [2.05, 4.69) is 19.7 Å². The van der Waals surface area contributed by atoms with Gasteiger partial charge >= 0.3 is 0 Å². The molecular formula is C16H23N5O3S. The van der Waals surface area contributed by atoms with Crippen molar-refractivity contribution in [1.82, 2.24) is 14.8 Å². The van der Waals surface area contributed by atoms with E-state index >= 15 is 0 Å². The van der Waals surface area contributed by atoms with Crippen LogP contribution in [0.3, 0.4) is 0 Å². The van der Waals surface area contributed by atoms with E-state index < -0.39 is 10.0 Å². The molecule has 0 unspecified atom stereocenters. The Bertz CT molecular complexity index is 857. The molecule has 0 bridgehead atoms. The molecule has 8 nitrogen and oxygen atoms in total. The average molecular weight is 365 g/mol. The van der Waals surface area contributed by atoms with Crippen molar-refractivity contribution < 1.29 is 13.2 Å². The fourth-order valence-corrected chi connectivity index (χ4v) is 4.53. The fourth-order valence-electron chi connectivity index (χ4n) is 3.09. The number of aryl methyl sites for hydroxylation is 2. The minimum Gasteiger partial charge on any atom is -0.378 e. The van der Waals surface area contributed by atoms with Crippen LogP contribution in [0.2, 0.25) is 0 Å². The molecule has 0 aromatic carbocycles. The van der Waals surface area contributed by atoms with E-state index in [1.54, 1.807) is 30.8 Å². The standard InChI is InChI=1S/C16H23N5O3S/c1-4-21-13(3)15(12(2)18-21)25(22,23)19-16-14(6-5-7-17-16)20-8-10-24-11-9-20/h5-7H,4,8-11H2,1-3H3,(H,17,19). The number of sulfonamides is 1. The van der Waals surface area contributed by atoms with Crippen molar-refractivity contribution in [2.24, 2.45) is 0 Å². The van der Waals surface area contributed by atoms with Crippen LogP contribution in [0.15, 0.2) is 23.2 Å². The number of nitrogens with one attached hydrogen (secondary N) is 1. The van der Waals surface area contributed by atoms with E-state index in [9.17, 15) is 8.42 Å². The summed E-state index contributed by atoms with van der Waals surface area (Å²) in [6.45, 7) is 8.64. The van der Waals surface area contributed by atoms with Crippen molar-refractivity contribution in [3.8, 4) is 0 Å². The van der Waals surface area contributed by atoms with Gasteiger partial charge in [-0.3, -0.25) is 9.40 Å².